The zero-order valence-corrected chi connectivity index (χ0v) is 11.7. The van der Waals surface area contributed by atoms with Crippen molar-refractivity contribution in [2.45, 2.75) is 38.4 Å². The molecule has 1 aromatic rings. The van der Waals surface area contributed by atoms with Gasteiger partial charge in [-0.2, -0.15) is 13.2 Å². The molecule has 1 amide bonds. The number of anilines is 1. The van der Waals surface area contributed by atoms with Crippen LogP contribution in [0.4, 0.5) is 18.9 Å². The predicted molar refractivity (Wildman–Crippen MR) is 73.6 cm³/mol. The van der Waals surface area contributed by atoms with Gasteiger partial charge in [0.25, 0.3) is 5.91 Å². The van der Waals surface area contributed by atoms with Gasteiger partial charge < -0.3 is 10.3 Å². The van der Waals surface area contributed by atoms with Gasteiger partial charge in [0.1, 0.15) is 0 Å². The van der Waals surface area contributed by atoms with E-state index in [0.29, 0.717) is 6.54 Å². The van der Waals surface area contributed by atoms with Crippen LogP contribution in [0.1, 0.15) is 42.1 Å². The van der Waals surface area contributed by atoms with Crippen LogP contribution < -0.4 is 11.3 Å². The Labute approximate surface area is 121 Å². The summed E-state index contributed by atoms with van der Waals surface area (Å²) in [5.41, 5.74) is 1.62. The van der Waals surface area contributed by atoms with E-state index in [9.17, 15) is 18.0 Å². The van der Waals surface area contributed by atoms with Gasteiger partial charge in [-0.25, -0.2) is 0 Å². The van der Waals surface area contributed by atoms with Crippen molar-refractivity contribution in [3.63, 3.8) is 0 Å². The van der Waals surface area contributed by atoms with E-state index in [1.165, 1.54) is 6.07 Å². The summed E-state index contributed by atoms with van der Waals surface area (Å²) in [5, 5.41) is 0. The third kappa shape index (κ3) is 3.47. The minimum atomic E-state index is -4.49. The number of nitrogens with zero attached hydrogens (tertiary/aromatic N) is 1. The highest BCUT2D eigenvalue weighted by molar-refractivity contribution is 6.00. The molecule has 2 rings (SSSR count). The summed E-state index contributed by atoms with van der Waals surface area (Å²) in [7, 11) is 0. The number of amides is 1. The number of nitrogens with two attached hydrogens (primary N) is 1. The van der Waals surface area contributed by atoms with Crippen molar-refractivity contribution in [1.29, 1.82) is 0 Å². The van der Waals surface area contributed by atoms with Gasteiger partial charge in [-0.1, -0.05) is 6.92 Å². The van der Waals surface area contributed by atoms with E-state index in [4.69, 9.17) is 5.84 Å². The zero-order valence-electron chi connectivity index (χ0n) is 11.7. The van der Waals surface area contributed by atoms with Crippen molar-refractivity contribution in [2.75, 3.05) is 12.0 Å². The fourth-order valence-electron chi connectivity index (χ4n) is 2.26. The quantitative estimate of drug-likeness (QED) is 0.649. The highest BCUT2D eigenvalue weighted by atomic mass is 19.4. The standard InChI is InChI=1S/C14H18F3N3O/c1-2-7-20(10-4-5-10)13(21)11-8-9(14(15,16)17)3-6-12(11)19-18/h3,6,8,10,19H,2,4-5,7,18H2,1H3. The van der Waals surface area contributed by atoms with Gasteiger partial charge in [0.05, 0.1) is 16.8 Å². The summed E-state index contributed by atoms with van der Waals surface area (Å²) in [6, 6.07) is 3.10. The van der Waals surface area contributed by atoms with Crippen molar-refractivity contribution in [3.05, 3.63) is 29.3 Å². The normalized spacial score (nSPS) is 14.9. The molecule has 1 aromatic carbocycles. The van der Waals surface area contributed by atoms with Crippen LogP contribution in [0.25, 0.3) is 0 Å². The van der Waals surface area contributed by atoms with Gasteiger partial charge in [0.2, 0.25) is 0 Å². The second kappa shape index (κ2) is 5.93. The highest BCUT2D eigenvalue weighted by Crippen LogP contribution is 2.34. The first kappa shape index (κ1) is 15.6. The Balaban J connectivity index is 2.37. The van der Waals surface area contributed by atoms with Gasteiger partial charge >= 0.3 is 6.18 Å². The van der Waals surface area contributed by atoms with Crippen molar-refractivity contribution in [2.24, 2.45) is 5.84 Å². The van der Waals surface area contributed by atoms with E-state index < -0.39 is 17.6 Å². The minimum Gasteiger partial charge on any atom is -0.336 e. The van der Waals surface area contributed by atoms with E-state index >= 15 is 0 Å². The molecule has 21 heavy (non-hydrogen) atoms. The Morgan fingerprint density at radius 2 is 2.10 bits per heavy atom. The first-order valence-corrected chi connectivity index (χ1v) is 6.87. The molecule has 0 unspecified atom stereocenters. The molecule has 4 nitrogen and oxygen atoms in total. The lowest BCUT2D eigenvalue weighted by molar-refractivity contribution is -0.137. The van der Waals surface area contributed by atoms with E-state index in [2.05, 4.69) is 5.43 Å². The maximum absolute atomic E-state index is 12.8. The molecule has 0 aliphatic heterocycles. The summed E-state index contributed by atoms with van der Waals surface area (Å²) >= 11 is 0. The molecule has 0 spiro atoms. The summed E-state index contributed by atoms with van der Waals surface area (Å²) in [5.74, 6) is 4.91. The van der Waals surface area contributed by atoms with E-state index in [1.807, 2.05) is 6.92 Å². The molecule has 0 aromatic heterocycles. The summed E-state index contributed by atoms with van der Waals surface area (Å²) in [6.07, 6.45) is -1.93. The fourth-order valence-corrected chi connectivity index (χ4v) is 2.26. The number of carbonyl (C=O) groups excluding carboxylic acids is 1. The third-order valence-electron chi connectivity index (χ3n) is 3.45. The van der Waals surface area contributed by atoms with Crippen LogP contribution >= 0.6 is 0 Å². The van der Waals surface area contributed by atoms with E-state index in [-0.39, 0.29) is 17.3 Å². The molecule has 3 N–H and O–H groups in total. The van der Waals surface area contributed by atoms with Crippen LogP contribution in [-0.4, -0.2) is 23.4 Å². The van der Waals surface area contributed by atoms with Crippen molar-refractivity contribution < 1.29 is 18.0 Å². The molecular weight excluding hydrogens is 283 g/mol. The molecule has 0 atom stereocenters. The largest absolute Gasteiger partial charge is 0.416 e. The van der Waals surface area contributed by atoms with Crippen LogP contribution in [0.15, 0.2) is 18.2 Å². The number of nitrogens with one attached hydrogen (secondary N) is 1. The van der Waals surface area contributed by atoms with Crippen LogP contribution in [0.2, 0.25) is 0 Å². The van der Waals surface area contributed by atoms with Crippen molar-refractivity contribution in [3.8, 4) is 0 Å². The third-order valence-corrected chi connectivity index (χ3v) is 3.45. The summed E-state index contributed by atoms with van der Waals surface area (Å²) < 4.78 is 38.4. The number of halogens is 3. The highest BCUT2D eigenvalue weighted by Gasteiger charge is 2.35. The first-order valence-electron chi connectivity index (χ1n) is 6.87. The first-order chi connectivity index (χ1) is 9.88. The van der Waals surface area contributed by atoms with E-state index in [1.54, 1.807) is 4.90 Å². The number of hydrazine groups is 1. The van der Waals surface area contributed by atoms with Gasteiger partial charge in [-0.05, 0) is 37.5 Å². The number of benzene rings is 1. The number of nitrogen functional groups attached to an aromatic ring is 1. The Bertz CT molecular complexity index is 527. The molecule has 0 heterocycles. The molecule has 1 aliphatic carbocycles. The molecule has 0 saturated heterocycles. The van der Waals surface area contributed by atoms with Crippen LogP contribution in [-0.2, 0) is 6.18 Å². The molecular formula is C14H18F3N3O. The van der Waals surface area contributed by atoms with Crippen molar-refractivity contribution in [1.82, 2.24) is 4.90 Å². The van der Waals surface area contributed by atoms with Crippen molar-refractivity contribution >= 4 is 11.6 Å². The smallest absolute Gasteiger partial charge is 0.336 e. The van der Waals surface area contributed by atoms with Gasteiger partial charge in [-0.3, -0.25) is 10.6 Å². The summed E-state index contributed by atoms with van der Waals surface area (Å²) in [4.78, 5) is 14.2. The van der Waals surface area contributed by atoms with Crippen LogP contribution in [0.3, 0.4) is 0 Å². The SMILES string of the molecule is CCCN(C(=O)c1cc(C(F)(F)F)ccc1NN)C1CC1. The van der Waals surface area contributed by atoms with Gasteiger partial charge in [-0.15, -0.1) is 0 Å². The number of hydrogen-bond donors (Lipinski definition) is 2. The Kier molecular flexibility index (Phi) is 4.41. The average Bonchev–Trinajstić information content (AvgIpc) is 3.26. The molecule has 7 heteroatoms. The molecule has 0 bridgehead atoms. The molecule has 116 valence electrons. The Morgan fingerprint density at radius 1 is 1.43 bits per heavy atom. The van der Waals surface area contributed by atoms with E-state index in [0.717, 1.165) is 31.4 Å². The number of rotatable bonds is 5. The van der Waals surface area contributed by atoms with Crippen LogP contribution in [0.5, 0.6) is 0 Å². The zero-order chi connectivity index (χ0) is 15.6. The predicted octanol–water partition coefficient (Wildman–Crippen LogP) is 3.01. The average molecular weight is 301 g/mol. The lowest BCUT2D eigenvalue weighted by atomic mass is 10.1. The second-order valence-corrected chi connectivity index (χ2v) is 5.13. The molecule has 1 saturated carbocycles. The monoisotopic (exact) mass is 301 g/mol. The summed E-state index contributed by atoms with van der Waals surface area (Å²) in [6.45, 7) is 2.46. The molecule has 1 fully saturated rings. The number of carbonyl (C=O) groups is 1. The van der Waals surface area contributed by atoms with Crippen LogP contribution in [0, 0.1) is 0 Å². The maximum Gasteiger partial charge on any atom is 0.416 e. The number of hydrogen-bond acceptors (Lipinski definition) is 3. The lowest BCUT2D eigenvalue weighted by Gasteiger charge is -2.23. The maximum atomic E-state index is 12.8. The lowest BCUT2D eigenvalue weighted by Crippen LogP contribution is -2.34. The van der Waals surface area contributed by atoms with Gasteiger partial charge in [0, 0.05) is 12.6 Å². The number of alkyl halides is 3. The van der Waals surface area contributed by atoms with Gasteiger partial charge in [0.15, 0.2) is 0 Å². The Morgan fingerprint density at radius 3 is 2.57 bits per heavy atom. The fraction of sp³-hybridized carbons (Fsp3) is 0.500. The second-order valence-electron chi connectivity index (χ2n) is 5.13. The molecule has 1 aliphatic rings. The minimum absolute atomic E-state index is 0.0346. The topological polar surface area (TPSA) is 58.4 Å². The molecule has 0 radical (unpaired) electrons. The Hall–Kier alpha value is -1.76.